The Labute approximate surface area is 168 Å². The van der Waals surface area contributed by atoms with Crippen LogP contribution in [0.1, 0.15) is 24.8 Å². The normalized spacial score (nSPS) is 17.4. The molecule has 0 atom stereocenters. The van der Waals surface area contributed by atoms with Crippen molar-refractivity contribution in [1.82, 2.24) is 20.0 Å². The Morgan fingerprint density at radius 2 is 1.97 bits per heavy atom. The number of carbonyl (C=O) groups is 2. The third-order valence-electron chi connectivity index (χ3n) is 5.77. The molecule has 1 aromatic carbocycles. The summed E-state index contributed by atoms with van der Waals surface area (Å²) in [5.41, 5.74) is 8.84. The van der Waals surface area contributed by atoms with Crippen LogP contribution in [0.2, 0.25) is 0 Å². The third-order valence-corrected chi connectivity index (χ3v) is 5.77. The Kier molecular flexibility index (Phi) is 5.14. The molecule has 0 aliphatic carbocycles. The highest BCUT2D eigenvalue weighted by atomic mass is 16.2. The molecule has 29 heavy (non-hydrogen) atoms. The fraction of sp³-hybridized carbons (Fsp3) is 0.333. The van der Waals surface area contributed by atoms with Crippen molar-refractivity contribution in [2.75, 3.05) is 26.2 Å². The molecule has 2 amide bonds. The Hall–Kier alpha value is -3.44. The number of nitriles is 1. The summed E-state index contributed by atoms with van der Waals surface area (Å²) in [4.78, 5) is 27.6. The lowest BCUT2D eigenvalue weighted by Gasteiger charge is -2.35. The van der Waals surface area contributed by atoms with Gasteiger partial charge in [-0.2, -0.15) is 10.4 Å². The van der Waals surface area contributed by atoms with Crippen molar-refractivity contribution in [2.24, 2.45) is 0 Å². The highest BCUT2D eigenvalue weighted by Crippen LogP contribution is 2.31. The number of hydrogen-bond donors (Lipinski definition) is 2. The van der Waals surface area contributed by atoms with Crippen LogP contribution in [-0.4, -0.2) is 58.5 Å². The standard InChI is InChI=1S/C21H22N6O2/c22-10-17(16-2-1-3-20-18(16)11-24-25-20)14-4-7-26(8-5-14)21(29)27-9-6-19(23)15(12-27)13-28/h1-3,11,13H,4-9,12,23H2,(H,24,25)/p+1. The molecule has 0 bridgehead atoms. The number of aromatic amines is 1. The summed E-state index contributed by atoms with van der Waals surface area (Å²) >= 11 is 0. The van der Waals surface area contributed by atoms with Crippen LogP contribution in [0.4, 0.5) is 4.79 Å². The lowest BCUT2D eigenvalue weighted by molar-refractivity contribution is -0.309. The van der Waals surface area contributed by atoms with E-state index in [1.54, 1.807) is 11.1 Å². The van der Waals surface area contributed by atoms with E-state index in [1.807, 2.05) is 23.1 Å². The highest BCUT2D eigenvalue weighted by molar-refractivity contribution is 5.96. The summed E-state index contributed by atoms with van der Waals surface area (Å²) in [6.45, 7) is 2.04. The van der Waals surface area contributed by atoms with E-state index in [0.29, 0.717) is 56.6 Å². The van der Waals surface area contributed by atoms with Gasteiger partial charge < -0.3 is 15.5 Å². The zero-order valence-corrected chi connectivity index (χ0v) is 16.1. The fourth-order valence-electron chi connectivity index (χ4n) is 4.04. The van der Waals surface area contributed by atoms with Gasteiger partial charge in [0.2, 0.25) is 0 Å². The number of likely N-dealkylation sites (tertiary alicyclic amines) is 1. The number of H-pyrrole nitrogens is 1. The van der Waals surface area contributed by atoms with Crippen LogP contribution in [0.25, 0.3) is 16.5 Å². The first-order chi connectivity index (χ1) is 14.1. The molecule has 4 N–H and O–H groups in total. The van der Waals surface area contributed by atoms with Gasteiger partial charge in [-0.3, -0.25) is 9.89 Å². The van der Waals surface area contributed by atoms with Crippen LogP contribution in [0, 0.1) is 11.3 Å². The number of aromatic nitrogens is 2. The maximum Gasteiger partial charge on any atom is 0.320 e. The number of benzene rings is 1. The van der Waals surface area contributed by atoms with Gasteiger partial charge in [0.25, 0.3) is 0 Å². The lowest BCUT2D eigenvalue weighted by Crippen LogP contribution is -2.55. The zero-order chi connectivity index (χ0) is 20.4. The molecule has 2 aliphatic rings. The quantitative estimate of drug-likeness (QED) is 0.594. The molecule has 1 fully saturated rings. The minimum absolute atomic E-state index is 0.0497. The number of piperidine rings is 1. The van der Waals surface area contributed by atoms with Crippen molar-refractivity contribution in [3.05, 3.63) is 46.8 Å². The predicted molar refractivity (Wildman–Crippen MR) is 107 cm³/mol. The predicted octanol–water partition coefficient (Wildman–Crippen LogP) is 1.46. The van der Waals surface area contributed by atoms with Crippen molar-refractivity contribution in [3.8, 4) is 6.07 Å². The number of nitrogens with one attached hydrogen (secondary N) is 1. The number of rotatable bonds is 2. The van der Waals surface area contributed by atoms with Crippen LogP contribution < -0.4 is 5.73 Å². The Morgan fingerprint density at radius 1 is 1.21 bits per heavy atom. The molecule has 0 saturated carbocycles. The molecule has 8 nitrogen and oxygen atoms in total. The average molecular weight is 391 g/mol. The topological polar surface area (TPSA) is 121 Å². The molecule has 0 spiro atoms. The fourth-order valence-corrected chi connectivity index (χ4v) is 4.04. The number of nitrogens with zero attached hydrogens (tertiary/aromatic N) is 4. The minimum atomic E-state index is -0.0497. The Balaban J connectivity index is 1.50. The average Bonchev–Trinajstić information content (AvgIpc) is 3.24. The number of allylic oxidation sites excluding steroid dienone is 1. The van der Waals surface area contributed by atoms with Crippen LogP contribution >= 0.6 is 0 Å². The molecule has 148 valence electrons. The maximum absolute atomic E-state index is 12.9. The van der Waals surface area contributed by atoms with E-state index in [0.717, 1.165) is 34.0 Å². The first-order valence-electron chi connectivity index (χ1n) is 9.70. The Bertz CT molecular complexity index is 1060. The van der Waals surface area contributed by atoms with Crippen LogP contribution in [0.15, 0.2) is 41.2 Å². The number of aldehydes is 1. The molecule has 3 heterocycles. The summed E-state index contributed by atoms with van der Waals surface area (Å²) in [5, 5.41) is 17.8. The Morgan fingerprint density at radius 3 is 2.69 bits per heavy atom. The van der Waals surface area contributed by atoms with Crippen molar-refractivity contribution in [3.63, 3.8) is 0 Å². The van der Waals surface area contributed by atoms with Gasteiger partial charge in [-0.1, -0.05) is 12.1 Å². The monoisotopic (exact) mass is 391 g/mol. The van der Waals surface area contributed by atoms with Crippen molar-refractivity contribution >= 4 is 28.8 Å². The number of fused-ring (bicyclic) bond motifs is 1. The number of urea groups is 1. The molecule has 1 saturated heterocycles. The van der Waals surface area contributed by atoms with Gasteiger partial charge in [-0.15, -0.1) is 0 Å². The summed E-state index contributed by atoms with van der Waals surface area (Å²) in [6.07, 6.45) is 4.49. The van der Waals surface area contributed by atoms with Gasteiger partial charge in [0, 0.05) is 37.0 Å². The largest absolute Gasteiger partial charge is 0.328 e. The van der Waals surface area contributed by atoms with Gasteiger partial charge in [-0.05, 0) is 24.5 Å². The lowest BCUT2D eigenvalue weighted by atomic mass is 9.92. The van der Waals surface area contributed by atoms with Crippen LogP contribution in [0.3, 0.4) is 0 Å². The molecule has 8 heteroatoms. The molecule has 4 rings (SSSR count). The van der Waals surface area contributed by atoms with E-state index in [1.165, 1.54) is 0 Å². The van der Waals surface area contributed by atoms with E-state index in [2.05, 4.69) is 22.0 Å². The minimum Gasteiger partial charge on any atom is -0.328 e. The molecule has 1 aromatic heterocycles. The van der Waals surface area contributed by atoms with E-state index in [4.69, 9.17) is 0 Å². The van der Waals surface area contributed by atoms with Crippen LogP contribution in [0.5, 0.6) is 0 Å². The van der Waals surface area contributed by atoms with Crippen molar-refractivity contribution in [2.45, 2.75) is 19.3 Å². The molecular weight excluding hydrogens is 368 g/mol. The van der Waals surface area contributed by atoms with E-state index < -0.39 is 0 Å². The highest BCUT2D eigenvalue weighted by Gasteiger charge is 2.29. The van der Waals surface area contributed by atoms with Gasteiger partial charge >= 0.3 is 6.03 Å². The van der Waals surface area contributed by atoms with E-state index in [-0.39, 0.29) is 6.03 Å². The van der Waals surface area contributed by atoms with Gasteiger partial charge in [0.1, 0.15) is 5.70 Å². The molecule has 2 aliphatic heterocycles. The summed E-state index contributed by atoms with van der Waals surface area (Å²) in [6, 6.07) is 8.11. The maximum atomic E-state index is 12.9. The molecular formula is C21H23N6O2+. The number of amides is 2. The third kappa shape index (κ3) is 3.52. The second kappa shape index (κ2) is 7.89. The smallest absolute Gasteiger partial charge is 0.320 e. The number of hydrogen-bond acceptors (Lipinski definition) is 4. The number of quaternary nitrogens is 1. The SMILES string of the molecule is N#CC(=C1CCN(C(=O)N2CCC([NH3+])=C(C=O)C2)CC1)c1cccc2[nH]ncc12. The van der Waals surface area contributed by atoms with Crippen molar-refractivity contribution in [1.29, 1.82) is 5.26 Å². The first kappa shape index (κ1) is 18.9. The van der Waals surface area contributed by atoms with Crippen LogP contribution in [-0.2, 0) is 4.79 Å². The molecule has 0 radical (unpaired) electrons. The van der Waals surface area contributed by atoms with Gasteiger partial charge in [-0.25, -0.2) is 4.79 Å². The summed E-state index contributed by atoms with van der Waals surface area (Å²) < 4.78 is 0. The molecule has 0 unspecified atom stereocenters. The van der Waals surface area contributed by atoms with Gasteiger partial charge in [0.05, 0.1) is 35.5 Å². The second-order valence-electron chi connectivity index (χ2n) is 7.41. The van der Waals surface area contributed by atoms with Gasteiger partial charge in [0.15, 0.2) is 6.29 Å². The first-order valence-corrected chi connectivity index (χ1v) is 9.70. The summed E-state index contributed by atoms with van der Waals surface area (Å²) in [7, 11) is 0. The summed E-state index contributed by atoms with van der Waals surface area (Å²) in [5.74, 6) is 0. The zero-order valence-electron chi connectivity index (χ0n) is 16.1. The second-order valence-corrected chi connectivity index (χ2v) is 7.41. The number of carbonyl (C=O) groups excluding carboxylic acids is 2. The van der Waals surface area contributed by atoms with Crippen molar-refractivity contribution < 1.29 is 15.3 Å². The van der Waals surface area contributed by atoms with E-state index in [9.17, 15) is 14.9 Å². The van der Waals surface area contributed by atoms with E-state index >= 15 is 0 Å². The molecule has 2 aromatic rings.